The lowest BCUT2D eigenvalue weighted by molar-refractivity contribution is 1.04. The van der Waals surface area contributed by atoms with Gasteiger partial charge in [0.1, 0.15) is 0 Å². The molecule has 0 radical (unpaired) electrons. The minimum Gasteiger partial charge on any atom is -0.236 e. The fourth-order valence-electron chi connectivity index (χ4n) is 2.33. The fourth-order valence-corrected chi connectivity index (χ4v) is 2.59. The molecule has 4 rings (SSSR count). The molecule has 23 heavy (non-hydrogen) atoms. The number of nitrogens with zero attached hydrogens (tertiary/aromatic N) is 3. The zero-order valence-electron chi connectivity index (χ0n) is 16.9. The SMILES string of the molecule is [2H]C1=C([2H])C([2H])C([2H])C([2H])=C1c1nc(-c2ccc(Br)cc2)nc2ncccc12. The van der Waals surface area contributed by atoms with Gasteiger partial charge in [-0.3, -0.25) is 0 Å². The first-order valence-electron chi connectivity index (χ1n) is 9.66. The second kappa shape index (κ2) is 6.05. The Morgan fingerprint density at radius 1 is 1.09 bits per heavy atom. The molecule has 0 bridgehead atoms. The summed E-state index contributed by atoms with van der Waals surface area (Å²) in [5, 5.41) is 0.538. The zero-order chi connectivity index (χ0) is 20.0. The van der Waals surface area contributed by atoms with Gasteiger partial charge in [-0.15, -0.1) is 0 Å². The number of fused-ring (bicyclic) bond motifs is 1. The molecule has 1 aliphatic carbocycles. The molecule has 0 aliphatic heterocycles. The van der Waals surface area contributed by atoms with Crippen molar-refractivity contribution in [2.45, 2.75) is 12.8 Å². The van der Waals surface area contributed by atoms with Crippen LogP contribution in [0.25, 0.3) is 28.0 Å². The van der Waals surface area contributed by atoms with Crippen molar-refractivity contribution in [3.63, 3.8) is 0 Å². The second-order valence-electron chi connectivity index (χ2n) is 4.90. The summed E-state index contributed by atoms with van der Waals surface area (Å²) in [5.74, 6) is 0.378. The van der Waals surface area contributed by atoms with Crippen molar-refractivity contribution < 1.29 is 6.85 Å². The van der Waals surface area contributed by atoms with E-state index in [2.05, 4.69) is 30.9 Å². The molecule has 3 aromatic rings. The first-order chi connectivity index (χ1) is 13.4. The lowest BCUT2D eigenvalue weighted by Crippen LogP contribution is -1.99. The summed E-state index contributed by atoms with van der Waals surface area (Å²) in [5.41, 5.74) is 1.52. The number of pyridine rings is 1. The molecular formula is C19H14BrN3. The Balaban J connectivity index is 2.02. The molecule has 0 spiro atoms. The number of hydrogen-bond donors (Lipinski definition) is 0. The average Bonchev–Trinajstić information content (AvgIpc) is 2.71. The van der Waals surface area contributed by atoms with Crippen LogP contribution in [0.2, 0.25) is 0 Å². The fraction of sp³-hybridized carbons (Fsp3) is 0.105. The lowest BCUT2D eigenvalue weighted by atomic mass is 10.0. The minimum absolute atomic E-state index is 0.0901. The molecule has 112 valence electrons. The summed E-state index contributed by atoms with van der Waals surface area (Å²) in [7, 11) is 0. The van der Waals surface area contributed by atoms with Gasteiger partial charge in [-0.05, 0) is 42.6 Å². The van der Waals surface area contributed by atoms with E-state index in [0.29, 0.717) is 22.6 Å². The number of hydrogen-bond acceptors (Lipinski definition) is 3. The predicted molar refractivity (Wildman–Crippen MR) is 96.8 cm³/mol. The Morgan fingerprint density at radius 2 is 1.96 bits per heavy atom. The normalized spacial score (nSPS) is 24.8. The van der Waals surface area contributed by atoms with Gasteiger partial charge in [-0.25, -0.2) is 15.0 Å². The maximum atomic E-state index is 8.35. The van der Waals surface area contributed by atoms with E-state index in [1.165, 1.54) is 0 Å². The van der Waals surface area contributed by atoms with Crippen LogP contribution in [0.3, 0.4) is 0 Å². The van der Waals surface area contributed by atoms with Crippen molar-refractivity contribution in [1.82, 2.24) is 15.0 Å². The molecular weight excluding hydrogens is 350 g/mol. The molecule has 2 atom stereocenters. The van der Waals surface area contributed by atoms with Gasteiger partial charge < -0.3 is 0 Å². The maximum Gasteiger partial charge on any atom is 0.163 e. The molecule has 0 amide bonds. The van der Waals surface area contributed by atoms with Crippen LogP contribution in [0.1, 0.15) is 25.3 Å². The number of allylic oxidation sites excluding steroid dienone is 4. The van der Waals surface area contributed by atoms with E-state index >= 15 is 0 Å². The van der Waals surface area contributed by atoms with Gasteiger partial charge in [-0.2, -0.15) is 0 Å². The Morgan fingerprint density at radius 3 is 2.83 bits per heavy atom. The number of halogens is 1. The van der Waals surface area contributed by atoms with Gasteiger partial charge >= 0.3 is 0 Å². The molecule has 4 heteroatoms. The van der Waals surface area contributed by atoms with E-state index in [1.807, 2.05) is 24.3 Å². The lowest BCUT2D eigenvalue weighted by Gasteiger charge is -2.11. The average molecular weight is 369 g/mol. The van der Waals surface area contributed by atoms with Gasteiger partial charge in [0.15, 0.2) is 11.5 Å². The smallest absolute Gasteiger partial charge is 0.163 e. The first-order valence-corrected chi connectivity index (χ1v) is 7.80. The third-order valence-corrected chi connectivity index (χ3v) is 3.93. The highest BCUT2D eigenvalue weighted by Crippen LogP contribution is 2.28. The van der Waals surface area contributed by atoms with Crippen LogP contribution in [0.4, 0.5) is 0 Å². The van der Waals surface area contributed by atoms with Gasteiger partial charge in [0, 0.05) is 24.4 Å². The van der Waals surface area contributed by atoms with Crippen LogP contribution < -0.4 is 0 Å². The van der Waals surface area contributed by atoms with Crippen LogP contribution in [0.5, 0.6) is 0 Å². The van der Waals surface area contributed by atoms with Crippen LogP contribution in [0, 0.1) is 0 Å². The van der Waals surface area contributed by atoms with Crippen molar-refractivity contribution in [3.05, 3.63) is 70.9 Å². The molecule has 0 fully saturated rings. The monoisotopic (exact) mass is 368 g/mol. The van der Waals surface area contributed by atoms with Crippen LogP contribution in [0.15, 0.2) is 65.2 Å². The van der Waals surface area contributed by atoms with E-state index in [4.69, 9.17) is 6.85 Å². The van der Waals surface area contributed by atoms with E-state index < -0.39 is 12.8 Å². The van der Waals surface area contributed by atoms with Crippen molar-refractivity contribution in [1.29, 1.82) is 0 Å². The van der Waals surface area contributed by atoms with E-state index in [9.17, 15) is 0 Å². The molecule has 3 nitrogen and oxygen atoms in total. The highest BCUT2D eigenvalue weighted by molar-refractivity contribution is 9.10. The highest BCUT2D eigenvalue weighted by Gasteiger charge is 2.13. The van der Waals surface area contributed by atoms with Gasteiger partial charge in [0.25, 0.3) is 0 Å². The highest BCUT2D eigenvalue weighted by atomic mass is 79.9. The van der Waals surface area contributed by atoms with Gasteiger partial charge in [0.2, 0.25) is 0 Å². The Hall–Kier alpha value is -2.33. The van der Waals surface area contributed by atoms with Crippen molar-refractivity contribution in [2.24, 2.45) is 0 Å². The molecule has 2 heterocycles. The summed E-state index contributed by atoms with van der Waals surface area (Å²) >= 11 is 3.39. The van der Waals surface area contributed by atoms with Crippen LogP contribution >= 0.6 is 15.9 Å². The Labute approximate surface area is 150 Å². The quantitative estimate of drug-likeness (QED) is 0.624. The summed E-state index contributed by atoms with van der Waals surface area (Å²) in [6, 6.07) is 10.1. The van der Waals surface area contributed by atoms with Crippen LogP contribution in [-0.4, -0.2) is 15.0 Å². The third kappa shape index (κ3) is 2.82. The van der Waals surface area contributed by atoms with Crippen molar-refractivity contribution in [3.8, 4) is 11.4 Å². The molecule has 2 unspecified atom stereocenters. The third-order valence-electron chi connectivity index (χ3n) is 3.40. The van der Waals surface area contributed by atoms with Crippen LogP contribution in [-0.2, 0) is 0 Å². The minimum atomic E-state index is -1.25. The zero-order valence-corrected chi connectivity index (χ0v) is 13.5. The van der Waals surface area contributed by atoms with Gasteiger partial charge in [0.05, 0.1) is 9.81 Å². The summed E-state index contributed by atoms with van der Waals surface area (Å²) in [6.07, 6.45) is -0.891. The van der Waals surface area contributed by atoms with Gasteiger partial charge in [-0.1, -0.05) is 46.2 Å². The summed E-state index contributed by atoms with van der Waals surface area (Å²) < 4.78 is 41.6. The number of benzene rings is 1. The molecule has 0 saturated carbocycles. The Bertz CT molecular complexity index is 1140. The van der Waals surface area contributed by atoms with Crippen molar-refractivity contribution in [2.75, 3.05) is 0 Å². The number of aromatic nitrogens is 3. The van der Waals surface area contributed by atoms with E-state index in [-0.39, 0.29) is 23.7 Å². The first kappa shape index (κ1) is 9.73. The topological polar surface area (TPSA) is 38.7 Å². The molecule has 0 N–H and O–H groups in total. The maximum absolute atomic E-state index is 8.35. The molecule has 2 aromatic heterocycles. The van der Waals surface area contributed by atoms with E-state index in [1.54, 1.807) is 18.3 Å². The largest absolute Gasteiger partial charge is 0.236 e. The molecule has 0 saturated heterocycles. The van der Waals surface area contributed by atoms with E-state index in [0.717, 1.165) is 10.0 Å². The standard InChI is InChI=1S/C19H14BrN3/c20-15-10-8-14(9-11-15)18-22-17(13-5-2-1-3-6-13)16-7-4-12-21-19(16)23-18/h2,4-12H,1,3H2/i1D,2D,3D,5D,6D. The Kier molecular flexibility index (Phi) is 2.56. The van der Waals surface area contributed by atoms with Crippen molar-refractivity contribution >= 4 is 32.5 Å². The molecule has 1 aromatic carbocycles. The predicted octanol–water partition coefficient (Wildman–Crippen LogP) is 5.19. The molecule has 1 aliphatic rings. The second-order valence-corrected chi connectivity index (χ2v) is 5.81. The summed E-state index contributed by atoms with van der Waals surface area (Å²) in [4.78, 5) is 13.4. The number of rotatable bonds is 2. The summed E-state index contributed by atoms with van der Waals surface area (Å²) in [6.45, 7) is 0.